The summed E-state index contributed by atoms with van der Waals surface area (Å²) < 4.78 is 12.9. The monoisotopic (exact) mass is 468 g/mol. The number of methoxy groups -OCH3 is 1. The lowest BCUT2D eigenvalue weighted by Crippen LogP contribution is -2.32. The highest BCUT2D eigenvalue weighted by Gasteiger charge is 2.26. The third kappa shape index (κ3) is 3.63. The van der Waals surface area contributed by atoms with Crippen LogP contribution >= 0.6 is 23.2 Å². The van der Waals surface area contributed by atoms with Crippen LogP contribution in [0.4, 0.5) is 0 Å². The Hall–Kier alpha value is -3.29. The maximum atomic E-state index is 13.2. The zero-order valence-electron chi connectivity index (χ0n) is 17.0. The molecule has 0 spiro atoms. The number of para-hydroxylation sites is 1. The first-order valence-corrected chi connectivity index (χ1v) is 10.7. The minimum absolute atomic E-state index is 0.169. The van der Waals surface area contributed by atoms with Crippen LogP contribution in [0.3, 0.4) is 0 Å². The van der Waals surface area contributed by atoms with Crippen molar-refractivity contribution in [2.45, 2.75) is 12.5 Å². The molecule has 3 heterocycles. The van der Waals surface area contributed by atoms with Crippen molar-refractivity contribution in [3.8, 4) is 22.8 Å². The predicted molar refractivity (Wildman–Crippen MR) is 122 cm³/mol. The minimum atomic E-state index is -0.297. The predicted octanol–water partition coefficient (Wildman–Crippen LogP) is 4.97. The van der Waals surface area contributed by atoms with Gasteiger partial charge in [0, 0.05) is 27.6 Å². The molecule has 1 aliphatic heterocycles. The van der Waals surface area contributed by atoms with Crippen molar-refractivity contribution in [3.05, 3.63) is 76.0 Å². The molecule has 0 bridgehead atoms. The van der Waals surface area contributed by atoms with Gasteiger partial charge >= 0.3 is 0 Å². The van der Waals surface area contributed by atoms with Gasteiger partial charge in [0.25, 0.3) is 5.91 Å². The molecular weight excluding hydrogens is 451 g/mol. The van der Waals surface area contributed by atoms with Gasteiger partial charge in [-0.1, -0.05) is 41.4 Å². The van der Waals surface area contributed by atoms with E-state index in [2.05, 4.69) is 15.4 Å². The van der Waals surface area contributed by atoms with Gasteiger partial charge in [-0.05, 0) is 24.3 Å². The van der Waals surface area contributed by atoms with Crippen molar-refractivity contribution in [1.82, 2.24) is 19.9 Å². The van der Waals surface area contributed by atoms with E-state index in [9.17, 15) is 4.79 Å². The van der Waals surface area contributed by atoms with Crippen LogP contribution in [0, 0.1) is 0 Å². The highest BCUT2D eigenvalue weighted by atomic mass is 35.5. The van der Waals surface area contributed by atoms with Crippen molar-refractivity contribution in [1.29, 1.82) is 0 Å². The molecular formula is C23H18Cl2N4O3. The number of halogens is 2. The topological polar surface area (TPSA) is 77.8 Å². The van der Waals surface area contributed by atoms with Gasteiger partial charge in [-0.25, -0.2) is 9.50 Å². The number of carbonyl (C=O) groups excluding carboxylic acids is 1. The quantitative estimate of drug-likeness (QED) is 0.457. The Morgan fingerprint density at radius 3 is 2.75 bits per heavy atom. The van der Waals surface area contributed by atoms with Gasteiger partial charge in [-0.15, -0.1) is 0 Å². The zero-order valence-corrected chi connectivity index (χ0v) is 18.5. The van der Waals surface area contributed by atoms with Gasteiger partial charge in [0.1, 0.15) is 11.3 Å². The van der Waals surface area contributed by atoms with Crippen LogP contribution in [0.1, 0.15) is 28.4 Å². The third-order valence-corrected chi connectivity index (χ3v) is 5.80. The summed E-state index contributed by atoms with van der Waals surface area (Å²) >= 11 is 12.3. The molecule has 0 radical (unpaired) electrons. The Kier molecular flexibility index (Phi) is 5.36. The van der Waals surface area contributed by atoms with Crippen molar-refractivity contribution >= 4 is 34.8 Å². The lowest BCUT2D eigenvalue weighted by molar-refractivity contribution is 0.0921. The molecule has 1 N–H and O–H groups in total. The van der Waals surface area contributed by atoms with Crippen molar-refractivity contribution in [3.63, 3.8) is 0 Å². The van der Waals surface area contributed by atoms with E-state index in [1.165, 1.54) is 13.3 Å². The summed E-state index contributed by atoms with van der Waals surface area (Å²) in [6.07, 6.45) is 3.79. The number of nitrogens with one attached hydrogen (secondary N) is 1. The van der Waals surface area contributed by atoms with E-state index in [4.69, 9.17) is 32.7 Å². The summed E-state index contributed by atoms with van der Waals surface area (Å²) in [7, 11) is 1.50. The molecule has 7 nitrogen and oxygen atoms in total. The average molecular weight is 469 g/mol. The van der Waals surface area contributed by atoms with E-state index < -0.39 is 0 Å². The largest absolute Gasteiger partial charge is 0.493 e. The first-order chi connectivity index (χ1) is 15.5. The number of rotatable bonds is 4. The van der Waals surface area contributed by atoms with Crippen molar-refractivity contribution in [2.75, 3.05) is 13.7 Å². The van der Waals surface area contributed by atoms with Crippen LogP contribution in [0.15, 0.2) is 54.9 Å². The van der Waals surface area contributed by atoms with Crippen LogP contribution in [-0.4, -0.2) is 34.2 Å². The zero-order chi connectivity index (χ0) is 22.2. The molecule has 0 saturated carbocycles. The Balaban J connectivity index is 1.51. The van der Waals surface area contributed by atoms with Crippen LogP contribution < -0.4 is 14.8 Å². The Labute approximate surface area is 193 Å². The Bertz CT molecular complexity index is 1320. The summed E-state index contributed by atoms with van der Waals surface area (Å²) in [6, 6.07) is 12.7. The molecule has 4 aromatic rings. The number of hydrogen-bond donors (Lipinski definition) is 1. The van der Waals surface area contributed by atoms with E-state index in [1.54, 1.807) is 28.9 Å². The number of aromatic nitrogens is 3. The summed E-state index contributed by atoms with van der Waals surface area (Å²) in [5, 5.41) is 8.52. The second kappa shape index (κ2) is 8.33. The van der Waals surface area contributed by atoms with E-state index >= 15 is 0 Å². The number of benzene rings is 2. The fourth-order valence-corrected chi connectivity index (χ4v) is 4.43. The van der Waals surface area contributed by atoms with Gasteiger partial charge in [-0.2, -0.15) is 5.10 Å². The molecule has 0 fully saturated rings. The summed E-state index contributed by atoms with van der Waals surface area (Å²) in [5.41, 5.74) is 3.08. The van der Waals surface area contributed by atoms with Crippen LogP contribution in [-0.2, 0) is 0 Å². The van der Waals surface area contributed by atoms with Crippen LogP contribution in [0.25, 0.3) is 16.9 Å². The first-order valence-electron chi connectivity index (χ1n) is 9.95. The number of fused-ring (bicyclic) bond motifs is 2. The molecule has 1 amide bonds. The standard InChI is InChI=1S/C23H18Cl2N4O3/c1-31-21-17(23(30)28-18-6-7-32-20-5-3-2-4-16(18)20)11-27-29-19(12-26-22(21)29)13-8-14(24)10-15(25)9-13/h2-5,8-12,18H,6-7H2,1H3,(H,28,30)/t18-/m0/s1. The molecule has 5 rings (SSSR count). The molecule has 32 heavy (non-hydrogen) atoms. The summed E-state index contributed by atoms with van der Waals surface area (Å²) in [4.78, 5) is 17.6. The summed E-state index contributed by atoms with van der Waals surface area (Å²) in [6.45, 7) is 0.530. The lowest BCUT2D eigenvalue weighted by Gasteiger charge is -2.26. The minimum Gasteiger partial charge on any atom is -0.493 e. The average Bonchev–Trinajstić information content (AvgIpc) is 3.22. The first kappa shape index (κ1) is 20.6. The number of nitrogens with zero attached hydrogens (tertiary/aromatic N) is 3. The fraction of sp³-hybridized carbons (Fsp3) is 0.174. The molecule has 0 saturated heterocycles. The molecule has 0 unspecified atom stereocenters. The van der Waals surface area contributed by atoms with Gasteiger partial charge < -0.3 is 14.8 Å². The van der Waals surface area contributed by atoms with E-state index in [-0.39, 0.29) is 11.9 Å². The number of hydrogen-bond acceptors (Lipinski definition) is 5. The van der Waals surface area contributed by atoms with E-state index in [0.29, 0.717) is 45.7 Å². The highest BCUT2D eigenvalue weighted by Crippen LogP contribution is 2.34. The number of amides is 1. The lowest BCUT2D eigenvalue weighted by atomic mass is 10.0. The van der Waals surface area contributed by atoms with Crippen LogP contribution in [0.2, 0.25) is 10.0 Å². The number of ether oxygens (including phenoxy) is 2. The van der Waals surface area contributed by atoms with Gasteiger partial charge in [-0.3, -0.25) is 4.79 Å². The smallest absolute Gasteiger partial charge is 0.257 e. The molecule has 1 aliphatic rings. The highest BCUT2D eigenvalue weighted by molar-refractivity contribution is 6.35. The number of carbonyl (C=O) groups is 1. The molecule has 162 valence electrons. The number of imidazole rings is 1. The molecule has 2 aromatic heterocycles. The van der Waals surface area contributed by atoms with Gasteiger partial charge in [0.15, 0.2) is 11.4 Å². The van der Waals surface area contributed by atoms with Gasteiger partial charge in [0.05, 0.1) is 37.8 Å². The van der Waals surface area contributed by atoms with Crippen molar-refractivity contribution < 1.29 is 14.3 Å². The van der Waals surface area contributed by atoms with E-state index in [0.717, 1.165) is 16.9 Å². The molecule has 1 atom stereocenters. The Morgan fingerprint density at radius 2 is 1.97 bits per heavy atom. The van der Waals surface area contributed by atoms with Gasteiger partial charge in [0.2, 0.25) is 0 Å². The fourth-order valence-electron chi connectivity index (χ4n) is 3.90. The SMILES string of the molecule is COc1c(C(=O)N[C@H]2CCOc3ccccc32)cnn2c(-c3cc(Cl)cc(Cl)c3)cnc12. The second-order valence-corrected chi connectivity index (χ2v) is 8.20. The Morgan fingerprint density at radius 1 is 1.19 bits per heavy atom. The maximum Gasteiger partial charge on any atom is 0.257 e. The van der Waals surface area contributed by atoms with E-state index in [1.807, 2.05) is 24.3 Å². The maximum absolute atomic E-state index is 13.2. The summed E-state index contributed by atoms with van der Waals surface area (Å²) in [5.74, 6) is 0.814. The normalized spacial score (nSPS) is 15.2. The van der Waals surface area contributed by atoms with Crippen LogP contribution in [0.5, 0.6) is 11.5 Å². The third-order valence-electron chi connectivity index (χ3n) is 5.36. The molecule has 0 aliphatic carbocycles. The second-order valence-electron chi connectivity index (χ2n) is 7.33. The van der Waals surface area contributed by atoms with Crippen molar-refractivity contribution in [2.24, 2.45) is 0 Å². The molecule has 9 heteroatoms. The molecule has 2 aromatic carbocycles.